The fraction of sp³-hybridized carbons (Fsp3) is 0.300. The molecule has 2 aromatic carbocycles. The van der Waals surface area contributed by atoms with E-state index in [-0.39, 0.29) is 6.61 Å². The zero-order valence-electron chi connectivity index (χ0n) is 15.0. The van der Waals surface area contributed by atoms with Crippen LogP contribution < -0.4 is 9.46 Å². The van der Waals surface area contributed by atoms with Crippen molar-refractivity contribution in [3.8, 4) is 5.75 Å². The Hall–Kier alpha value is -2.35. The fourth-order valence-electron chi connectivity index (χ4n) is 2.81. The van der Waals surface area contributed by atoms with Crippen molar-refractivity contribution in [3.05, 3.63) is 78.6 Å². The van der Waals surface area contributed by atoms with Crippen LogP contribution in [0.4, 0.5) is 0 Å². The maximum Gasteiger partial charge on any atom is 0.209 e. The molecule has 0 spiro atoms. The van der Waals surface area contributed by atoms with Gasteiger partial charge < -0.3 is 14.2 Å². The molecule has 0 bridgehead atoms. The Morgan fingerprint density at radius 3 is 2.37 bits per heavy atom. The maximum atomic E-state index is 11.9. The molecule has 0 saturated heterocycles. The van der Waals surface area contributed by atoms with E-state index in [2.05, 4.69) is 4.72 Å². The fourth-order valence-corrected chi connectivity index (χ4v) is 3.59. The Balaban J connectivity index is 1.68. The smallest absolute Gasteiger partial charge is 0.209 e. The standard InChI is InChI=1S/C20H23NO5S/c1-27(22,23)21-20-18(26-17-10-6-3-7-11-17)12-13-25-19(20)15-24-14-16-8-4-2-5-9-16/h2-13,18-21H,14-15H2,1H3/t18-,19+,20+/m0/s1. The lowest BCUT2D eigenvalue weighted by atomic mass is 10.0. The Labute approximate surface area is 159 Å². The molecular weight excluding hydrogens is 366 g/mol. The van der Waals surface area contributed by atoms with Gasteiger partial charge in [0, 0.05) is 0 Å². The zero-order valence-corrected chi connectivity index (χ0v) is 15.8. The van der Waals surface area contributed by atoms with Crippen molar-refractivity contribution in [3.63, 3.8) is 0 Å². The lowest BCUT2D eigenvalue weighted by molar-refractivity contribution is -0.0239. The minimum atomic E-state index is -3.46. The molecule has 6 nitrogen and oxygen atoms in total. The third-order valence-corrected chi connectivity index (χ3v) is 4.74. The summed E-state index contributed by atoms with van der Waals surface area (Å²) in [5.41, 5.74) is 1.04. The van der Waals surface area contributed by atoms with E-state index >= 15 is 0 Å². The number of hydrogen-bond donors (Lipinski definition) is 1. The van der Waals surface area contributed by atoms with E-state index in [9.17, 15) is 8.42 Å². The number of rotatable bonds is 8. The lowest BCUT2D eigenvalue weighted by Crippen LogP contribution is -2.55. The summed E-state index contributed by atoms with van der Waals surface area (Å²) >= 11 is 0. The van der Waals surface area contributed by atoms with Gasteiger partial charge in [-0.25, -0.2) is 13.1 Å². The van der Waals surface area contributed by atoms with Crippen molar-refractivity contribution < 1.29 is 22.6 Å². The summed E-state index contributed by atoms with van der Waals surface area (Å²) in [6, 6.07) is 18.4. The largest absolute Gasteiger partial charge is 0.494 e. The van der Waals surface area contributed by atoms with Gasteiger partial charge in [0.1, 0.15) is 24.0 Å². The zero-order chi connectivity index (χ0) is 19.1. The molecule has 0 saturated carbocycles. The molecule has 1 aliphatic heterocycles. The summed E-state index contributed by atoms with van der Waals surface area (Å²) < 4.78 is 43.7. The summed E-state index contributed by atoms with van der Waals surface area (Å²) in [4.78, 5) is 0. The molecule has 0 aromatic heterocycles. The van der Waals surface area contributed by atoms with Crippen LogP contribution >= 0.6 is 0 Å². The van der Waals surface area contributed by atoms with Gasteiger partial charge >= 0.3 is 0 Å². The molecule has 0 fully saturated rings. The van der Waals surface area contributed by atoms with E-state index in [0.717, 1.165) is 11.8 Å². The molecule has 7 heteroatoms. The number of para-hydroxylation sites is 1. The van der Waals surface area contributed by atoms with Crippen molar-refractivity contribution in [2.24, 2.45) is 0 Å². The van der Waals surface area contributed by atoms with Gasteiger partial charge in [-0.1, -0.05) is 48.5 Å². The van der Waals surface area contributed by atoms with Crippen LogP contribution in [-0.2, 0) is 26.1 Å². The van der Waals surface area contributed by atoms with E-state index in [0.29, 0.717) is 12.4 Å². The summed E-state index contributed by atoms with van der Waals surface area (Å²) in [5.74, 6) is 0.651. The van der Waals surface area contributed by atoms with Gasteiger partial charge in [0.2, 0.25) is 10.0 Å². The second-order valence-corrected chi connectivity index (χ2v) is 8.10. The van der Waals surface area contributed by atoms with Gasteiger partial charge in [0.05, 0.1) is 25.7 Å². The molecule has 2 aromatic rings. The molecule has 3 rings (SSSR count). The predicted molar refractivity (Wildman–Crippen MR) is 103 cm³/mol. The topological polar surface area (TPSA) is 73.9 Å². The first-order chi connectivity index (χ1) is 13.0. The van der Waals surface area contributed by atoms with Crippen LogP contribution in [0.5, 0.6) is 5.75 Å². The van der Waals surface area contributed by atoms with Gasteiger partial charge in [-0.3, -0.25) is 0 Å². The third-order valence-electron chi connectivity index (χ3n) is 4.04. The summed E-state index contributed by atoms with van der Waals surface area (Å²) in [6.07, 6.45) is 3.32. The minimum absolute atomic E-state index is 0.223. The number of sulfonamides is 1. The summed E-state index contributed by atoms with van der Waals surface area (Å²) in [5, 5.41) is 0. The first-order valence-corrected chi connectivity index (χ1v) is 10.5. The third kappa shape index (κ3) is 6.09. The van der Waals surface area contributed by atoms with E-state index < -0.39 is 28.3 Å². The summed E-state index contributed by atoms with van der Waals surface area (Å²) in [6.45, 7) is 0.640. The molecule has 1 aliphatic rings. The minimum Gasteiger partial charge on any atom is -0.494 e. The number of hydrogen-bond acceptors (Lipinski definition) is 5. The van der Waals surface area contributed by atoms with E-state index in [1.54, 1.807) is 6.08 Å². The normalized spacial score (nSPS) is 22.2. The molecule has 27 heavy (non-hydrogen) atoms. The van der Waals surface area contributed by atoms with Crippen LogP contribution in [-0.4, -0.2) is 39.5 Å². The average molecular weight is 389 g/mol. The molecule has 1 N–H and O–H groups in total. The maximum absolute atomic E-state index is 11.9. The number of ether oxygens (including phenoxy) is 3. The molecule has 0 aliphatic carbocycles. The predicted octanol–water partition coefficient (Wildman–Crippen LogP) is 2.48. The van der Waals surface area contributed by atoms with Crippen LogP contribution in [0.2, 0.25) is 0 Å². The Kier molecular flexibility index (Phi) is 6.49. The van der Waals surface area contributed by atoms with Crippen LogP contribution in [0, 0.1) is 0 Å². The quantitative estimate of drug-likeness (QED) is 0.751. The average Bonchev–Trinajstić information content (AvgIpc) is 2.65. The van der Waals surface area contributed by atoms with E-state index in [1.165, 1.54) is 6.26 Å². The highest BCUT2D eigenvalue weighted by atomic mass is 32.2. The van der Waals surface area contributed by atoms with Gasteiger partial charge in [0.25, 0.3) is 0 Å². The molecule has 144 valence electrons. The van der Waals surface area contributed by atoms with Gasteiger partial charge in [-0.2, -0.15) is 0 Å². The van der Waals surface area contributed by atoms with Crippen LogP contribution in [0.15, 0.2) is 73.0 Å². The van der Waals surface area contributed by atoms with E-state index in [4.69, 9.17) is 14.2 Å². The van der Waals surface area contributed by atoms with Crippen molar-refractivity contribution >= 4 is 10.0 Å². The second-order valence-electron chi connectivity index (χ2n) is 6.32. The molecule has 0 radical (unpaired) electrons. The van der Waals surface area contributed by atoms with Crippen molar-refractivity contribution in [1.29, 1.82) is 0 Å². The molecule has 3 atom stereocenters. The Bertz CT molecular complexity index is 839. The molecule has 0 unspecified atom stereocenters. The van der Waals surface area contributed by atoms with Crippen molar-refractivity contribution in [1.82, 2.24) is 4.72 Å². The van der Waals surface area contributed by atoms with Crippen LogP contribution in [0.25, 0.3) is 0 Å². The van der Waals surface area contributed by atoms with Crippen molar-refractivity contribution in [2.45, 2.75) is 24.9 Å². The highest BCUT2D eigenvalue weighted by Crippen LogP contribution is 2.21. The molecular formula is C20H23NO5S. The number of benzene rings is 2. The van der Waals surface area contributed by atoms with E-state index in [1.807, 2.05) is 60.7 Å². The highest BCUT2D eigenvalue weighted by molar-refractivity contribution is 7.88. The highest BCUT2D eigenvalue weighted by Gasteiger charge is 2.36. The summed E-state index contributed by atoms with van der Waals surface area (Å²) in [7, 11) is -3.46. The van der Waals surface area contributed by atoms with Gasteiger partial charge in [-0.05, 0) is 23.8 Å². The first kappa shape index (κ1) is 19.4. The van der Waals surface area contributed by atoms with Gasteiger partial charge in [-0.15, -0.1) is 0 Å². The number of nitrogens with one attached hydrogen (secondary N) is 1. The van der Waals surface area contributed by atoms with Crippen LogP contribution in [0.3, 0.4) is 0 Å². The second kappa shape index (κ2) is 9.03. The molecule has 1 heterocycles. The van der Waals surface area contributed by atoms with Crippen molar-refractivity contribution in [2.75, 3.05) is 12.9 Å². The molecule has 0 amide bonds. The van der Waals surface area contributed by atoms with Gasteiger partial charge in [0.15, 0.2) is 0 Å². The lowest BCUT2D eigenvalue weighted by Gasteiger charge is -2.34. The Morgan fingerprint density at radius 2 is 1.70 bits per heavy atom. The first-order valence-electron chi connectivity index (χ1n) is 8.64. The monoisotopic (exact) mass is 389 g/mol. The Morgan fingerprint density at radius 1 is 1.04 bits per heavy atom. The SMILES string of the molecule is CS(=O)(=O)N[C@@H]1[C@@H](Oc2ccccc2)C=CO[C@@H]1COCc1ccccc1. The van der Waals surface area contributed by atoms with Crippen LogP contribution in [0.1, 0.15) is 5.56 Å².